The average Bonchev–Trinajstić information content (AvgIpc) is 2.93. The Hall–Kier alpha value is -1.79. The first-order valence-corrected chi connectivity index (χ1v) is 6.45. The van der Waals surface area contributed by atoms with Gasteiger partial charge in [0.15, 0.2) is 10.3 Å². The van der Waals surface area contributed by atoms with E-state index < -0.39 is 0 Å². The number of fused-ring (bicyclic) bond motifs is 1. The van der Waals surface area contributed by atoms with Crippen molar-refractivity contribution in [3.8, 4) is 0 Å². The van der Waals surface area contributed by atoms with Crippen LogP contribution >= 0.6 is 15.9 Å². The molecular formula is C13H11BrN2O3. The van der Waals surface area contributed by atoms with Gasteiger partial charge >= 0.3 is 5.76 Å². The molecule has 0 fully saturated rings. The summed E-state index contributed by atoms with van der Waals surface area (Å²) in [6.45, 7) is 0. The number of hydrogen-bond acceptors (Lipinski definition) is 4. The van der Waals surface area contributed by atoms with Gasteiger partial charge in [-0.15, -0.1) is 0 Å². The molecule has 6 heteroatoms. The van der Waals surface area contributed by atoms with Crippen LogP contribution in [-0.2, 0) is 7.05 Å². The summed E-state index contributed by atoms with van der Waals surface area (Å²) in [5, 5.41) is 0. The first-order chi connectivity index (χ1) is 9.08. The van der Waals surface area contributed by atoms with Crippen LogP contribution in [0.4, 0.5) is 0 Å². The first kappa shape index (κ1) is 12.3. The maximum absolute atomic E-state index is 11.4. The number of nitrogens with zero attached hydrogens (tertiary/aromatic N) is 1. The van der Waals surface area contributed by atoms with E-state index in [-0.39, 0.29) is 11.8 Å². The summed E-state index contributed by atoms with van der Waals surface area (Å²) < 4.78 is 12.4. The van der Waals surface area contributed by atoms with E-state index in [9.17, 15) is 4.79 Å². The van der Waals surface area contributed by atoms with Gasteiger partial charge in [0.2, 0.25) is 0 Å². The van der Waals surface area contributed by atoms with Gasteiger partial charge in [-0.05, 0) is 39.7 Å². The zero-order chi connectivity index (χ0) is 13.6. The Kier molecular flexibility index (Phi) is 2.83. The van der Waals surface area contributed by atoms with Crippen LogP contribution in [0.5, 0.6) is 0 Å². The number of oxazole rings is 1. The maximum atomic E-state index is 11.4. The Bertz CT molecular complexity index is 800. The van der Waals surface area contributed by atoms with Gasteiger partial charge in [0, 0.05) is 12.6 Å². The van der Waals surface area contributed by atoms with Crippen LogP contribution in [0.15, 0.2) is 48.8 Å². The lowest BCUT2D eigenvalue weighted by Crippen LogP contribution is -2.11. The van der Waals surface area contributed by atoms with E-state index in [0.29, 0.717) is 10.3 Å². The Balaban J connectivity index is 2.11. The predicted molar refractivity (Wildman–Crippen MR) is 73.9 cm³/mol. The molecule has 0 bridgehead atoms. The fourth-order valence-corrected chi connectivity index (χ4v) is 2.54. The predicted octanol–water partition coefficient (Wildman–Crippen LogP) is 2.54. The molecular weight excluding hydrogens is 312 g/mol. The lowest BCUT2D eigenvalue weighted by molar-refractivity contribution is 0.527. The van der Waals surface area contributed by atoms with E-state index in [1.165, 1.54) is 4.57 Å². The fraction of sp³-hybridized carbons (Fsp3) is 0.154. The number of rotatable bonds is 2. The number of aryl methyl sites for hydroxylation is 1. The molecule has 1 aromatic carbocycles. The molecule has 0 spiro atoms. The molecule has 0 amide bonds. The molecule has 0 saturated heterocycles. The zero-order valence-electron chi connectivity index (χ0n) is 10.1. The van der Waals surface area contributed by atoms with Crippen molar-refractivity contribution in [1.82, 2.24) is 4.57 Å². The molecule has 0 aliphatic heterocycles. The average molecular weight is 323 g/mol. The van der Waals surface area contributed by atoms with Gasteiger partial charge in [0.1, 0.15) is 0 Å². The van der Waals surface area contributed by atoms with Crippen LogP contribution in [0.1, 0.15) is 17.2 Å². The Morgan fingerprint density at radius 3 is 2.84 bits per heavy atom. The number of hydrogen-bond donors (Lipinski definition) is 1. The van der Waals surface area contributed by atoms with Crippen LogP contribution in [0, 0.1) is 0 Å². The number of nitrogens with two attached hydrogens (primary N) is 1. The lowest BCUT2D eigenvalue weighted by atomic mass is 10.0. The molecule has 1 atom stereocenters. The van der Waals surface area contributed by atoms with Gasteiger partial charge in [-0.3, -0.25) is 4.57 Å². The van der Waals surface area contributed by atoms with Crippen LogP contribution < -0.4 is 11.5 Å². The van der Waals surface area contributed by atoms with Crippen molar-refractivity contribution < 1.29 is 8.83 Å². The van der Waals surface area contributed by atoms with Crippen molar-refractivity contribution in [3.05, 3.63) is 56.9 Å². The van der Waals surface area contributed by atoms with Crippen LogP contribution in [0.2, 0.25) is 0 Å². The topological polar surface area (TPSA) is 74.3 Å². The molecule has 3 rings (SSSR count). The second-order valence-corrected chi connectivity index (χ2v) is 5.00. The highest BCUT2D eigenvalue weighted by Gasteiger charge is 2.16. The van der Waals surface area contributed by atoms with Gasteiger partial charge in [-0.2, -0.15) is 0 Å². The van der Waals surface area contributed by atoms with Crippen LogP contribution in [0.3, 0.4) is 0 Å². The van der Waals surface area contributed by atoms with Gasteiger partial charge in [0.25, 0.3) is 0 Å². The lowest BCUT2D eigenvalue weighted by Gasteiger charge is -2.10. The van der Waals surface area contributed by atoms with Crippen molar-refractivity contribution >= 4 is 27.0 Å². The summed E-state index contributed by atoms with van der Waals surface area (Å²) >= 11 is 3.31. The zero-order valence-corrected chi connectivity index (χ0v) is 11.7. The number of halogens is 1. The highest BCUT2D eigenvalue weighted by atomic mass is 79.9. The highest BCUT2D eigenvalue weighted by Crippen LogP contribution is 2.29. The molecule has 0 aliphatic rings. The molecule has 2 aromatic heterocycles. The van der Waals surface area contributed by atoms with Gasteiger partial charge in [-0.1, -0.05) is 6.07 Å². The molecule has 0 radical (unpaired) electrons. The minimum absolute atomic E-state index is 0.344. The monoisotopic (exact) mass is 322 g/mol. The van der Waals surface area contributed by atoms with E-state index in [1.807, 2.05) is 12.1 Å². The third-order valence-electron chi connectivity index (χ3n) is 3.16. The molecule has 19 heavy (non-hydrogen) atoms. The molecule has 0 aliphatic carbocycles. The van der Waals surface area contributed by atoms with Gasteiger partial charge < -0.3 is 14.6 Å². The van der Waals surface area contributed by atoms with E-state index in [2.05, 4.69) is 15.9 Å². The summed E-state index contributed by atoms with van der Waals surface area (Å²) in [6.07, 6.45) is 1.57. The normalized spacial score (nSPS) is 13.0. The summed E-state index contributed by atoms with van der Waals surface area (Å²) in [6, 6.07) is 6.94. The molecule has 1 unspecified atom stereocenters. The van der Waals surface area contributed by atoms with Crippen molar-refractivity contribution in [3.63, 3.8) is 0 Å². The van der Waals surface area contributed by atoms with Crippen molar-refractivity contribution in [2.24, 2.45) is 12.8 Å². The van der Waals surface area contributed by atoms with Crippen molar-refractivity contribution in [2.45, 2.75) is 6.04 Å². The van der Waals surface area contributed by atoms with Crippen LogP contribution in [0.25, 0.3) is 11.1 Å². The second-order valence-electron chi connectivity index (χ2n) is 4.28. The molecule has 5 nitrogen and oxygen atoms in total. The summed E-state index contributed by atoms with van der Waals surface area (Å²) in [7, 11) is 1.67. The summed E-state index contributed by atoms with van der Waals surface area (Å²) in [5.74, 6) is -0.384. The standard InChI is InChI=1S/C13H11BrN2O3/c1-16-9-3-2-7(6-10(9)19-13(16)17)11(15)8-4-5-18-12(8)14/h2-6,11H,15H2,1H3. The van der Waals surface area contributed by atoms with Crippen molar-refractivity contribution in [2.75, 3.05) is 0 Å². The van der Waals surface area contributed by atoms with Gasteiger partial charge in [-0.25, -0.2) is 4.79 Å². The third-order valence-corrected chi connectivity index (χ3v) is 3.80. The van der Waals surface area contributed by atoms with Gasteiger partial charge in [0.05, 0.1) is 17.8 Å². The number of furan rings is 1. The van der Waals surface area contributed by atoms with E-state index in [4.69, 9.17) is 14.6 Å². The number of aromatic nitrogens is 1. The smallest absolute Gasteiger partial charge is 0.419 e. The summed E-state index contributed by atoms with van der Waals surface area (Å²) in [5.41, 5.74) is 9.15. The van der Waals surface area contributed by atoms with Crippen molar-refractivity contribution in [1.29, 1.82) is 0 Å². The maximum Gasteiger partial charge on any atom is 0.419 e. The first-order valence-electron chi connectivity index (χ1n) is 5.66. The third kappa shape index (κ3) is 1.93. The molecule has 2 N–H and O–H groups in total. The molecule has 2 heterocycles. The van der Waals surface area contributed by atoms with E-state index in [1.54, 1.807) is 25.4 Å². The Morgan fingerprint density at radius 2 is 2.16 bits per heavy atom. The minimum Gasteiger partial charge on any atom is -0.457 e. The minimum atomic E-state index is -0.384. The number of benzene rings is 1. The van der Waals surface area contributed by atoms with Crippen LogP contribution in [-0.4, -0.2) is 4.57 Å². The molecule has 98 valence electrons. The Labute approximate surface area is 116 Å². The highest BCUT2D eigenvalue weighted by molar-refractivity contribution is 9.10. The molecule has 0 saturated carbocycles. The summed E-state index contributed by atoms with van der Waals surface area (Å²) in [4.78, 5) is 11.4. The quantitative estimate of drug-likeness (QED) is 0.786. The Morgan fingerprint density at radius 1 is 1.37 bits per heavy atom. The molecule has 3 aromatic rings. The largest absolute Gasteiger partial charge is 0.457 e. The van der Waals surface area contributed by atoms with E-state index >= 15 is 0 Å². The fourth-order valence-electron chi connectivity index (χ4n) is 2.05. The SMILES string of the molecule is Cn1c(=O)oc2cc(C(N)c3ccoc3Br)ccc21. The second kappa shape index (κ2) is 4.40. The van der Waals surface area contributed by atoms with E-state index in [0.717, 1.165) is 16.6 Å².